The molecule has 1 aromatic rings. The van der Waals surface area contributed by atoms with Crippen LogP contribution in [0.4, 0.5) is 0 Å². The number of rotatable bonds is 5. The van der Waals surface area contributed by atoms with E-state index in [0.29, 0.717) is 6.54 Å². The van der Waals surface area contributed by atoms with Gasteiger partial charge < -0.3 is 15.5 Å². The van der Waals surface area contributed by atoms with Crippen LogP contribution in [0.3, 0.4) is 0 Å². The number of aliphatic carboxylic acids is 1. The molecule has 0 aromatic heterocycles. The Bertz CT molecular complexity index is 413. The SMILES string of the molecule is Cc1ccc(C(C)C)c(O)c1CNCC(=O)O. The minimum absolute atomic E-state index is 0.106. The first-order valence-corrected chi connectivity index (χ1v) is 5.67. The van der Waals surface area contributed by atoms with Crippen molar-refractivity contribution < 1.29 is 15.0 Å². The molecule has 0 heterocycles. The molecule has 4 nitrogen and oxygen atoms in total. The van der Waals surface area contributed by atoms with Crippen LogP contribution in [-0.4, -0.2) is 22.7 Å². The third kappa shape index (κ3) is 3.46. The van der Waals surface area contributed by atoms with Crippen molar-refractivity contribution in [3.8, 4) is 5.75 Å². The van der Waals surface area contributed by atoms with E-state index in [4.69, 9.17) is 5.11 Å². The van der Waals surface area contributed by atoms with Crippen LogP contribution in [-0.2, 0) is 11.3 Å². The molecule has 0 bridgehead atoms. The lowest BCUT2D eigenvalue weighted by Crippen LogP contribution is -2.22. The van der Waals surface area contributed by atoms with Crippen LogP contribution in [0, 0.1) is 6.92 Å². The first kappa shape index (κ1) is 13.5. The lowest BCUT2D eigenvalue weighted by molar-refractivity contribution is -0.136. The van der Waals surface area contributed by atoms with Gasteiger partial charge in [0.25, 0.3) is 0 Å². The fraction of sp³-hybridized carbons (Fsp3) is 0.462. The molecule has 94 valence electrons. The molecule has 0 spiro atoms. The standard InChI is InChI=1S/C13H19NO3/c1-8(2)10-5-4-9(3)11(13(10)17)6-14-7-12(15)16/h4-5,8,14,17H,6-7H2,1-3H3,(H,15,16). The lowest BCUT2D eigenvalue weighted by atomic mass is 9.96. The number of phenolic OH excluding ortho intramolecular Hbond substituents is 1. The van der Waals surface area contributed by atoms with Crippen molar-refractivity contribution in [2.24, 2.45) is 0 Å². The normalized spacial score (nSPS) is 10.8. The highest BCUT2D eigenvalue weighted by Gasteiger charge is 2.12. The van der Waals surface area contributed by atoms with Crippen LogP contribution in [0.2, 0.25) is 0 Å². The highest BCUT2D eigenvalue weighted by molar-refractivity contribution is 5.69. The van der Waals surface area contributed by atoms with Gasteiger partial charge in [-0.2, -0.15) is 0 Å². The Balaban J connectivity index is 2.89. The second kappa shape index (κ2) is 5.68. The fourth-order valence-corrected chi connectivity index (χ4v) is 1.74. The summed E-state index contributed by atoms with van der Waals surface area (Å²) >= 11 is 0. The van der Waals surface area contributed by atoms with Gasteiger partial charge in [0.05, 0.1) is 6.54 Å². The van der Waals surface area contributed by atoms with E-state index >= 15 is 0 Å². The van der Waals surface area contributed by atoms with Crippen molar-refractivity contribution in [3.63, 3.8) is 0 Å². The van der Waals surface area contributed by atoms with E-state index in [1.54, 1.807) is 0 Å². The van der Waals surface area contributed by atoms with E-state index < -0.39 is 5.97 Å². The number of aromatic hydroxyl groups is 1. The Morgan fingerprint density at radius 3 is 2.59 bits per heavy atom. The summed E-state index contributed by atoms with van der Waals surface area (Å²) in [7, 11) is 0. The van der Waals surface area contributed by atoms with Gasteiger partial charge in [0.15, 0.2) is 0 Å². The van der Waals surface area contributed by atoms with Gasteiger partial charge >= 0.3 is 5.97 Å². The van der Waals surface area contributed by atoms with Crippen molar-refractivity contribution in [1.29, 1.82) is 0 Å². The number of hydrogen-bond donors (Lipinski definition) is 3. The number of carboxylic acid groups (broad SMARTS) is 1. The average Bonchev–Trinajstić information content (AvgIpc) is 2.21. The second-order valence-corrected chi connectivity index (χ2v) is 4.45. The second-order valence-electron chi connectivity index (χ2n) is 4.45. The number of carbonyl (C=O) groups is 1. The summed E-state index contributed by atoms with van der Waals surface area (Å²) in [6.07, 6.45) is 0. The number of aryl methyl sites for hydroxylation is 1. The van der Waals surface area contributed by atoms with Crippen molar-refractivity contribution >= 4 is 5.97 Å². The molecule has 17 heavy (non-hydrogen) atoms. The topological polar surface area (TPSA) is 69.6 Å². The quantitative estimate of drug-likeness (QED) is 0.732. The van der Waals surface area contributed by atoms with Gasteiger partial charge in [0.1, 0.15) is 5.75 Å². The van der Waals surface area contributed by atoms with Crippen LogP contribution in [0.1, 0.15) is 36.5 Å². The molecule has 0 aliphatic carbocycles. The van der Waals surface area contributed by atoms with Crippen LogP contribution in [0.25, 0.3) is 0 Å². The van der Waals surface area contributed by atoms with Gasteiger partial charge in [-0.25, -0.2) is 0 Å². The summed E-state index contributed by atoms with van der Waals surface area (Å²) in [5, 5.41) is 21.5. The minimum Gasteiger partial charge on any atom is -0.507 e. The molecule has 0 radical (unpaired) electrons. The molecule has 0 aliphatic heterocycles. The Morgan fingerprint density at radius 2 is 2.06 bits per heavy atom. The molecule has 4 heteroatoms. The molecule has 3 N–H and O–H groups in total. The Hall–Kier alpha value is -1.55. The summed E-state index contributed by atoms with van der Waals surface area (Å²) in [5.41, 5.74) is 2.63. The molecule has 0 aliphatic rings. The highest BCUT2D eigenvalue weighted by Crippen LogP contribution is 2.30. The molecular formula is C13H19NO3. The molecule has 1 rings (SSSR count). The van der Waals surface area contributed by atoms with E-state index in [1.165, 1.54) is 0 Å². The third-order valence-corrected chi connectivity index (χ3v) is 2.75. The maximum atomic E-state index is 10.4. The van der Waals surface area contributed by atoms with Crippen LogP contribution >= 0.6 is 0 Å². The Morgan fingerprint density at radius 1 is 1.41 bits per heavy atom. The van der Waals surface area contributed by atoms with Crippen molar-refractivity contribution in [2.75, 3.05) is 6.54 Å². The summed E-state index contributed by atoms with van der Waals surface area (Å²) in [5.74, 6) is -0.381. The first-order valence-electron chi connectivity index (χ1n) is 5.67. The van der Waals surface area contributed by atoms with Gasteiger partial charge in [-0.1, -0.05) is 26.0 Å². The number of benzene rings is 1. The number of carboxylic acids is 1. The van der Waals surface area contributed by atoms with Crippen LogP contribution < -0.4 is 5.32 Å². The molecule has 1 aromatic carbocycles. The van der Waals surface area contributed by atoms with E-state index in [1.807, 2.05) is 32.9 Å². The number of hydrogen-bond acceptors (Lipinski definition) is 3. The highest BCUT2D eigenvalue weighted by atomic mass is 16.4. The van der Waals surface area contributed by atoms with Gasteiger partial charge in [0.2, 0.25) is 0 Å². The number of nitrogens with one attached hydrogen (secondary N) is 1. The predicted octanol–water partition coefficient (Wildman–Crippen LogP) is 2.00. The van der Waals surface area contributed by atoms with Crippen molar-refractivity contribution in [3.05, 3.63) is 28.8 Å². The summed E-state index contributed by atoms with van der Waals surface area (Å²) < 4.78 is 0. The van der Waals surface area contributed by atoms with Crippen LogP contribution in [0.5, 0.6) is 5.75 Å². The van der Waals surface area contributed by atoms with Gasteiger partial charge in [0, 0.05) is 12.1 Å². The Labute approximate surface area is 101 Å². The molecule has 0 saturated heterocycles. The summed E-state index contributed by atoms with van der Waals surface area (Å²) in [6.45, 7) is 6.19. The van der Waals surface area contributed by atoms with Crippen molar-refractivity contribution in [1.82, 2.24) is 5.32 Å². The number of phenols is 1. The zero-order valence-electron chi connectivity index (χ0n) is 10.4. The smallest absolute Gasteiger partial charge is 0.317 e. The molecule has 0 saturated carbocycles. The first-order chi connectivity index (χ1) is 7.93. The van der Waals surface area contributed by atoms with E-state index in [2.05, 4.69) is 5.32 Å². The van der Waals surface area contributed by atoms with Gasteiger partial charge in [-0.05, 0) is 24.0 Å². The maximum Gasteiger partial charge on any atom is 0.317 e. The fourth-order valence-electron chi connectivity index (χ4n) is 1.74. The average molecular weight is 237 g/mol. The molecular weight excluding hydrogens is 218 g/mol. The molecule has 0 unspecified atom stereocenters. The third-order valence-electron chi connectivity index (χ3n) is 2.75. The summed E-state index contributed by atoms with van der Waals surface area (Å²) in [6, 6.07) is 3.86. The van der Waals surface area contributed by atoms with Crippen LogP contribution in [0.15, 0.2) is 12.1 Å². The monoisotopic (exact) mass is 237 g/mol. The van der Waals surface area contributed by atoms with Crippen molar-refractivity contribution in [2.45, 2.75) is 33.2 Å². The maximum absolute atomic E-state index is 10.4. The largest absolute Gasteiger partial charge is 0.507 e. The van der Waals surface area contributed by atoms with E-state index in [-0.39, 0.29) is 18.2 Å². The zero-order valence-corrected chi connectivity index (χ0v) is 10.4. The summed E-state index contributed by atoms with van der Waals surface area (Å²) in [4.78, 5) is 10.4. The zero-order chi connectivity index (χ0) is 13.0. The minimum atomic E-state index is -0.901. The molecule has 0 atom stereocenters. The predicted molar refractivity (Wildman–Crippen MR) is 66.3 cm³/mol. The van der Waals surface area contributed by atoms with E-state index in [0.717, 1.165) is 16.7 Å². The van der Waals surface area contributed by atoms with Gasteiger partial charge in [-0.3, -0.25) is 4.79 Å². The molecule has 0 fully saturated rings. The molecule has 0 amide bonds. The Kier molecular flexibility index (Phi) is 4.52. The van der Waals surface area contributed by atoms with Gasteiger partial charge in [-0.15, -0.1) is 0 Å². The van der Waals surface area contributed by atoms with E-state index in [9.17, 15) is 9.90 Å². The lowest BCUT2D eigenvalue weighted by Gasteiger charge is -2.15.